The van der Waals surface area contributed by atoms with Crippen molar-refractivity contribution in [3.05, 3.63) is 0 Å². The van der Waals surface area contributed by atoms with Gasteiger partial charge >= 0.3 is 0 Å². The lowest BCUT2D eigenvalue weighted by atomic mass is 10.2. The topological polar surface area (TPSA) is 9.23 Å². The number of rotatable bonds is 0. The van der Waals surface area contributed by atoms with E-state index in [1.54, 1.807) is 0 Å². The van der Waals surface area contributed by atoms with Crippen molar-refractivity contribution in [1.82, 2.24) is 0 Å². The highest BCUT2D eigenvalue weighted by molar-refractivity contribution is 4.50. The minimum Gasteiger partial charge on any atom is -0.348 e. The van der Waals surface area contributed by atoms with Crippen LogP contribution in [0.4, 0.5) is 4.39 Å². The lowest BCUT2D eigenvalue weighted by molar-refractivity contribution is -0.0341. The van der Waals surface area contributed by atoms with Crippen LogP contribution in [-0.2, 0) is 4.74 Å². The highest BCUT2D eigenvalue weighted by atomic mass is 19.1. The summed E-state index contributed by atoms with van der Waals surface area (Å²) in [4.78, 5) is 0. The molecule has 0 bridgehead atoms. The Morgan fingerprint density at radius 2 is 2.12 bits per heavy atom. The number of alkyl halides is 1. The molecule has 1 fully saturated rings. The van der Waals surface area contributed by atoms with Gasteiger partial charge < -0.3 is 4.74 Å². The predicted molar refractivity (Wildman–Crippen MR) is 29.3 cm³/mol. The fourth-order valence-electron chi connectivity index (χ4n) is 0.878. The first-order valence-corrected chi connectivity index (χ1v) is 3.15. The lowest BCUT2D eigenvalue weighted by Gasteiger charge is -2.01. The molecule has 0 aromatic heterocycles. The Labute approximate surface area is 48.8 Å². The van der Waals surface area contributed by atoms with Crippen molar-refractivity contribution in [3.63, 3.8) is 0 Å². The van der Waals surface area contributed by atoms with Crippen molar-refractivity contribution in [2.24, 2.45) is 0 Å². The highest BCUT2D eigenvalue weighted by Gasteiger charge is 2.08. The van der Waals surface area contributed by atoms with Crippen molar-refractivity contribution in [3.8, 4) is 0 Å². The molecule has 2 heteroatoms. The molecule has 1 nitrogen and oxygen atoms in total. The van der Waals surface area contributed by atoms with E-state index in [0.29, 0.717) is 13.0 Å². The van der Waals surface area contributed by atoms with Gasteiger partial charge in [-0.3, -0.25) is 0 Å². The van der Waals surface area contributed by atoms with Gasteiger partial charge in [0.2, 0.25) is 0 Å². The summed E-state index contributed by atoms with van der Waals surface area (Å²) in [5, 5.41) is 0. The molecule has 0 aromatic carbocycles. The summed E-state index contributed by atoms with van der Waals surface area (Å²) in [6.07, 6.45) is 2.76. The van der Waals surface area contributed by atoms with Gasteiger partial charge in [-0.1, -0.05) is 6.42 Å². The van der Waals surface area contributed by atoms with Crippen molar-refractivity contribution >= 4 is 0 Å². The van der Waals surface area contributed by atoms with Crippen LogP contribution in [0.2, 0.25) is 0 Å². The van der Waals surface area contributed by atoms with Crippen LogP contribution < -0.4 is 0 Å². The summed E-state index contributed by atoms with van der Waals surface area (Å²) >= 11 is 0. The molecular weight excluding hydrogens is 107 g/mol. The summed E-state index contributed by atoms with van der Waals surface area (Å²) in [5.41, 5.74) is 0. The number of ether oxygens (including phenoxy) is 1. The van der Waals surface area contributed by atoms with Gasteiger partial charge in [-0.25, -0.2) is 4.39 Å². The maximum absolute atomic E-state index is 12.2. The first-order chi connectivity index (χ1) is 3.89. The third kappa shape index (κ3) is 1.78. The van der Waals surface area contributed by atoms with Crippen LogP contribution in [0.1, 0.15) is 25.7 Å². The van der Waals surface area contributed by atoms with Crippen molar-refractivity contribution in [1.29, 1.82) is 0 Å². The van der Waals surface area contributed by atoms with Gasteiger partial charge in [0.15, 0.2) is 6.36 Å². The Kier molecular flexibility index (Phi) is 2.27. The average molecular weight is 118 g/mol. The van der Waals surface area contributed by atoms with Crippen molar-refractivity contribution in [2.45, 2.75) is 32.0 Å². The fraction of sp³-hybridized carbons (Fsp3) is 1.00. The molecule has 1 heterocycles. The minimum absolute atomic E-state index is 0.597. The Hall–Kier alpha value is -0.110. The van der Waals surface area contributed by atoms with E-state index in [2.05, 4.69) is 0 Å². The van der Waals surface area contributed by atoms with Crippen LogP contribution in [0.5, 0.6) is 0 Å². The summed E-state index contributed by atoms with van der Waals surface area (Å²) in [5.74, 6) is 0. The standard InChI is InChI=1S/C6H11FO/c7-6-4-2-1-3-5-8-6/h6H,1-5H2. The molecule has 0 N–H and O–H groups in total. The third-order valence-electron chi connectivity index (χ3n) is 1.37. The molecule has 8 heavy (non-hydrogen) atoms. The van der Waals surface area contributed by atoms with Gasteiger partial charge in [-0.15, -0.1) is 0 Å². The minimum atomic E-state index is -0.975. The van der Waals surface area contributed by atoms with Crippen LogP contribution in [0.25, 0.3) is 0 Å². The summed E-state index contributed by atoms with van der Waals surface area (Å²) in [7, 11) is 0. The zero-order valence-electron chi connectivity index (χ0n) is 4.90. The highest BCUT2D eigenvalue weighted by Crippen LogP contribution is 2.12. The quantitative estimate of drug-likeness (QED) is 0.472. The number of hydrogen-bond donors (Lipinski definition) is 0. The van der Waals surface area contributed by atoms with E-state index >= 15 is 0 Å². The van der Waals surface area contributed by atoms with Crippen LogP contribution in [0, 0.1) is 0 Å². The molecule has 0 spiro atoms. The Morgan fingerprint density at radius 1 is 1.25 bits per heavy atom. The summed E-state index contributed by atoms with van der Waals surface area (Å²) in [6.45, 7) is 0.612. The van der Waals surface area contributed by atoms with Gasteiger partial charge in [0.25, 0.3) is 0 Å². The Morgan fingerprint density at radius 3 is 3.00 bits per heavy atom. The Bertz CT molecular complexity index is 57.5. The SMILES string of the molecule is FC1CCCCCO1. The van der Waals surface area contributed by atoms with Crippen molar-refractivity contribution in [2.75, 3.05) is 6.61 Å². The second kappa shape index (κ2) is 3.02. The predicted octanol–water partition coefficient (Wildman–Crippen LogP) is 1.87. The fourth-order valence-corrected chi connectivity index (χ4v) is 0.878. The molecule has 1 aliphatic rings. The first kappa shape index (κ1) is 6.02. The molecule has 1 rings (SSSR count). The monoisotopic (exact) mass is 118 g/mol. The van der Waals surface area contributed by atoms with Crippen LogP contribution in [-0.4, -0.2) is 13.0 Å². The van der Waals surface area contributed by atoms with E-state index in [-0.39, 0.29) is 0 Å². The molecule has 1 unspecified atom stereocenters. The molecule has 1 atom stereocenters. The van der Waals surface area contributed by atoms with Crippen LogP contribution in [0.3, 0.4) is 0 Å². The van der Waals surface area contributed by atoms with Gasteiger partial charge in [-0.05, 0) is 12.8 Å². The summed E-state index contributed by atoms with van der Waals surface area (Å²) in [6, 6.07) is 0. The van der Waals surface area contributed by atoms with E-state index < -0.39 is 6.36 Å². The van der Waals surface area contributed by atoms with E-state index in [1.807, 2.05) is 0 Å². The molecule has 1 saturated heterocycles. The first-order valence-electron chi connectivity index (χ1n) is 3.15. The molecule has 0 amide bonds. The second-order valence-corrected chi connectivity index (χ2v) is 2.13. The molecule has 0 aliphatic carbocycles. The van der Waals surface area contributed by atoms with Crippen LogP contribution >= 0.6 is 0 Å². The van der Waals surface area contributed by atoms with Gasteiger partial charge in [0, 0.05) is 6.42 Å². The molecule has 0 aromatic rings. The van der Waals surface area contributed by atoms with E-state index in [0.717, 1.165) is 19.3 Å². The number of hydrogen-bond acceptors (Lipinski definition) is 1. The Balaban J connectivity index is 2.17. The maximum atomic E-state index is 12.2. The lowest BCUT2D eigenvalue weighted by Crippen LogP contribution is -2.02. The molecule has 1 aliphatic heterocycles. The second-order valence-electron chi connectivity index (χ2n) is 2.13. The zero-order chi connectivity index (χ0) is 5.82. The smallest absolute Gasteiger partial charge is 0.198 e. The van der Waals surface area contributed by atoms with E-state index in [9.17, 15) is 4.39 Å². The molecule has 48 valence electrons. The molecular formula is C6H11FO. The average Bonchev–Trinajstić information content (AvgIpc) is 1.94. The van der Waals surface area contributed by atoms with Crippen LogP contribution in [0.15, 0.2) is 0 Å². The summed E-state index contributed by atoms with van der Waals surface area (Å²) < 4.78 is 17.0. The molecule has 0 saturated carbocycles. The number of halogens is 1. The van der Waals surface area contributed by atoms with E-state index in [1.165, 1.54) is 0 Å². The normalized spacial score (nSPS) is 31.9. The van der Waals surface area contributed by atoms with E-state index in [4.69, 9.17) is 4.74 Å². The van der Waals surface area contributed by atoms with Gasteiger partial charge in [-0.2, -0.15) is 0 Å². The third-order valence-corrected chi connectivity index (χ3v) is 1.37. The van der Waals surface area contributed by atoms with Gasteiger partial charge in [0.1, 0.15) is 0 Å². The van der Waals surface area contributed by atoms with Crippen molar-refractivity contribution < 1.29 is 9.13 Å². The van der Waals surface area contributed by atoms with Gasteiger partial charge in [0.05, 0.1) is 6.61 Å². The molecule has 0 radical (unpaired) electrons. The maximum Gasteiger partial charge on any atom is 0.198 e. The largest absolute Gasteiger partial charge is 0.348 e. The zero-order valence-corrected chi connectivity index (χ0v) is 4.90.